The first-order valence-electron chi connectivity index (χ1n) is 7.76. The third-order valence-electron chi connectivity index (χ3n) is 4.67. The fourth-order valence-corrected chi connectivity index (χ4v) is 3.60. The van der Waals surface area contributed by atoms with E-state index in [9.17, 15) is 0 Å². The second-order valence-electron chi connectivity index (χ2n) is 6.04. The third-order valence-corrected chi connectivity index (χ3v) is 4.67. The van der Waals surface area contributed by atoms with Gasteiger partial charge in [0.1, 0.15) is 5.82 Å². The number of rotatable bonds is 2. The zero-order valence-electron chi connectivity index (χ0n) is 11.8. The Morgan fingerprint density at radius 2 is 1.85 bits per heavy atom. The monoisotopic (exact) mass is 264 g/mol. The number of nitrogens with zero attached hydrogens (tertiary/aromatic N) is 2. The molecule has 102 valence electrons. The van der Waals surface area contributed by atoms with Crippen molar-refractivity contribution in [1.82, 2.24) is 9.38 Å². The van der Waals surface area contributed by atoms with Gasteiger partial charge in [0.15, 0.2) is 0 Å². The van der Waals surface area contributed by atoms with Crippen LogP contribution in [-0.2, 0) is 6.42 Å². The first-order valence-corrected chi connectivity index (χ1v) is 7.76. The minimum absolute atomic E-state index is 0.827. The molecule has 0 amide bonds. The van der Waals surface area contributed by atoms with Crippen molar-refractivity contribution in [2.75, 3.05) is 0 Å². The highest BCUT2D eigenvalue weighted by atomic mass is 15.0. The molecule has 3 aromatic rings. The number of imidazole rings is 1. The average molecular weight is 264 g/mol. The summed E-state index contributed by atoms with van der Waals surface area (Å²) in [5.74, 6) is 2.07. The fourth-order valence-electron chi connectivity index (χ4n) is 3.60. The standard InChI is InChI=1S/C18H20N2/c1-2-6-14(7-3-1)12-18-19-13-16-11-10-15-8-4-5-9-17(15)20(16)18/h4-5,8-11,13-14H,1-3,6-7,12H2. The van der Waals surface area contributed by atoms with Gasteiger partial charge in [0.2, 0.25) is 0 Å². The van der Waals surface area contributed by atoms with Crippen LogP contribution in [0.4, 0.5) is 0 Å². The molecular formula is C18H20N2. The van der Waals surface area contributed by atoms with Crippen LogP contribution in [0.1, 0.15) is 37.9 Å². The van der Waals surface area contributed by atoms with Gasteiger partial charge in [-0.2, -0.15) is 0 Å². The van der Waals surface area contributed by atoms with E-state index in [1.807, 2.05) is 6.20 Å². The quantitative estimate of drug-likeness (QED) is 0.660. The molecule has 0 aliphatic heterocycles. The van der Waals surface area contributed by atoms with Crippen molar-refractivity contribution in [2.24, 2.45) is 5.92 Å². The van der Waals surface area contributed by atoms with Crippen LogP contribution in [0.5, 0.6) is 0 Å². The molecule has 2 heterocycles. The van der Waals surface area contributed by atoms with E-state index >= 15 is 0 Å². The van der Waals surface area contributed by atoms with Crippen molar-refractivity contribution in [3.63, 3.8) is 0 Å². The van der Waals surface area contributed by atoms with Crippen LogP contribution in [0.2, 0.25) is 0 Å². The highest BCUT2D eigenvalue weighted by Crippen LogP contribution is 2.28. The maximum Gasteiger partial charge on any atom is 0.113 e. The van der Waals surface area contributed by atoms with E-state index in [1.54, 1.807) is 0 Å². The van der Waals surface area contributed by atoms with Crippen molar-refractivity contribution in [3.05, 3.63) is 48.4 Å². The van der Waals surface area contributed by atoms with Crippen molar-refractivity contribution < 1.29 is 0 Å². The SMILES string of the molecule is c1ccc2c(c1)ccc1cnc(CC3CCCCC3)n12. The number of hydrogen-bond donors (Lipinski definition) is 0. The Hall–Kier alpha value is -1.83. The van der Waals surface area contributed by atoms with Crippen molar-refractivity contribution in [1.29, 1.82) is 0 Å². The lowest BCUT2D eigenvalue weighted by atomic mass is 9.87. The second-order valence-corrected chi connectivity index (χ2v) is 6.04. The van der Waals surface area contributed by atoms with E-state index in [4.69, 9.17) is 4.98 Å². The van der Waals surface area contributed by atoms with E-state index < -0.39 is 0 Å². The Morgan fingerprint density at radius 3 is 2.75 bits per heavy atom. The van der Waals surface area contributed by atoms with Gasteiger partial charge in [-0.05, 0) is 23.4 Å². The van der Waals surface area contributed by atoms with Crippen LogP contribution in [0.3, 0.4) is 0 Å². The molecule has 0 bridgehead atoms. The molecule has 1 aliphatic carbocycles. The minimum Gasteiger partial charge on any atom is -0.296 e. The number of aromatic nitrogens is 2. The summed E-state index contributed by atoms with van der Waals surface area (Å²) < 4.78 is 2.35. The molecule has 0 unspecified atom stereocenters. The molecule has 0 spiro atoms. The molecule has 2 nitrogen and oxygen atoms in total. The molecule has 4 rings (SSSR count). The Balaban J connectivity index is 1.80. The summed E-state index contributed by atoms with van der Waals surface area (Å²) in [5.41, 5.74) is 2.50. The molecule has 1 fully saturated rings. The van der Waals surface area contributed by atoms with E-state index in [-0.39, 0.29) is 0 Å². The van der Waals surface area contributed by atoms with Gasteiger partial charge in [-0.3, -0.25) is 4.40 Å². The first kappa shape index (κ1) is 12.0. The van der Waals surface area contributed by atoms with Crippen molar-refractivity contribution in [3.8, 4) is 0 Å². The molecule has 0 saturated heterocycles. The largest absolute Gasteiger partial charge is 0.296 e. The van der Waals surface area contributed by atoms with Crippen LogP contribution >= 0.6 is 0 Å². The van der Waals surface area contributed by atoms with Crippen molar-refractivity contribution >= 4 is 16.4 Å². The van der Waals surface area contributed by atoms with Crippen LogP contribution in [0.15, 0.2) is 42.6 Å². The molecule has 0 N–H and O–H groups in total. The summed E-state index contributed by atoms with van der Waals surface area (Å²) in [5, 5.41) is 1.29. The normalized spacial score (nSPS) is 17.0. The highest BCUT2D eigenvalue weighted by molar-refractivity contribution is 5.82. The lowest BCUT2D eigenvalue weighted by Crippen LogP contribution is -2.11. The third kappa shape index (κ3) is 2.00. The average Bonchev–Trinajstić information content (AvgIpc) is 2.92. The second kappa shape index (κ2) is 4.93. The number of pyridine rings is 1. The summed E-state index contributed by atoms with van der Waals surface area (Å²) in [6, 6.07) is 13.0. The van der Waals surface area contributed by atoms with Crippen LogP contribution in [-0.4, -0.2) is 9.38 Å². The lowest BCUT2D eigenvalue weighted by Gasteiger charge is -2.21. The number of hydrogen-bond acceptors (Lipinski definition) is 1. The Bertz CT molecular complexity index is 735. The topological polar surface area (TPSA) is 17.3 Å². The molecular weight excluding hydrogens is 244 g/mol. The number of para-hydroxylation sites is 1. The smallest absolute Gasteiger partial charge is 0.113 e. The molecule has 20 heavy (non-hydrogen) atoms. The molecule has 0 atom stereocenters. The van der Waals surface area contributed by atoms with Gasteiger partial charge in [-0.1, -0.05) is 56.4 Å². The molecule has 1 aliphatic rings. The van der Waals surface area contributed by atoms with Gasteiger partial charge >= 0.3 is 0 Å². The van der Waals surface area contributed by atoms with E-state index in [0.29, 0.717) is 0 Å². The van der Waals surface area contributed by atoms with Crippen LogP contribution < -0.4 is 0 Å². The van der Waals surface area contributed by atoms with Gasteiger partial charge in [-0.25, -0.2) is 4.98 Å². The Labute approximate surface area is 119 Å². The zero-order valence-corrected chi connectivity index (χ0v) is 11.8. The predicted octanol–water partition coefficient (Wildman–Crippen LogP) is 4.61. The molecule has 1 aromatic carbocycles. The van der Waals surface area contributed by atoms with Gasteiger partial charge in [0, 0.05) is 6.42 Å². The Kier molecular flexibility index (Phi) is 2.95. The van der Waals surface area contributed by atoms with Gasteiger partial charge in [-0.15, -0.1) is 0 Å². The number of fused-ring (bicyclic) bond motifs is 3. The summed E-state index contributed by atoms with van der Waals surface area (Å²) in [6.45, 7) is 0. The van der Waals surface area contributed by atoms with Gasteiger partial charge < -0.3 is 0 Å². The molecule has 2 heteroatoms. The van der Waals surface area contributed by atoms with Crippen LogP contribution in [0, 0.1) is 5.92 Å². The maximum atomic E-state index is 4.70. The first-order chi connectivity index (χ1) is 9.92. The molecule has 2 aromatic heterocycles. The molecule has 0 radical (unpaired) electrons. The summed E-state index contributed by atoms with van der Waals surface area (Å²) in [7, 11) is 0. The minimum atomic E-state index is 0.827. The van der Waals surface area contributed by atoms with E-state index in [2.05, 4.69) is 40.8 Å². The van der Waals surface area contributed by atoms with E-state index in [0.717, 1.165) is 12.3 Å². The predicted molar refractivity (Wildman–Crippen MR) is 83.0 cm³/mol. The van der Waals surface area contributed by atoms with E-state index in [1.165, 1.54) is 54.3 Å². The van der Waals surface area contributed by atoms with Crippen molar-refractivity contribution in [2.45, 2.75) is 38.5 Å². The van der Waals surface area contributed by atoms with Gasteiger partial charge in [0.05, 0.1) is 17.2 Å². The van der Waals surface area contributed by atoms with Gasteiger partial charge in [0.25, 0.3) is 0 Å². The summed E-state index contributed by atoms with van der Waals surface area (Å²) in [6.07, 6.45) is 10.1. The number of benzene rings is 1. The highest BCUT2D eigenvalue weighted by Gasteiger charge is 2.17. The lowest BCUT2D eigenvalue weighted by molar-refractivity contribution is 0.351. The maximum absolute atomic E-state index is 4.70. The summed E-state index contributed by atoms with van der Waals surface area (Å²) in [4.78, 5) is 4.70. The Morgan fingerprint density at radius 1 is 1.00 bits per heavy atom. The molecule has 1 saturated carbocycles. The summed E-state index contributed by atoms with van der Waals surface area (Å²) >= 11 is 0. The van der Waals surface area contributed by atoms with Crippen LogP contribution in [0.25, 0.3) is 16.4 Å². The zero-order chi connectivity index (χ0) is 13.4. The fraction of sp³-hybridized carbons (Fsp3) is 0.389.